The first-order valence-corrected chi connectivity index (χ1v) is 3.03. The van der Waals surface area contributed by atoms with E-state index in [2.05, 4.69) is 0 Å². The highest BCUT2D eigenvalue weighted by Crippen LogP contribution is 2.31. The van der Waals surface area contributed by atoms with Crippen LogP contribution in [0.2, 0.25) is 0 Å². The van der Waals surface area contributed by atoms with Gasteiger partial charge in [-0.1, -0.05) is 0 Å². The predicted molar refractivity (Wildman–Crippen MR) is 30.3 cm³/mol. The Morgan fingerprint density at radius 1 is 1.50 bits per heavy atom. The third-order valence-corrected chi connectivity index (χ3v) is 1.45. The van der Waals surface area contributed by atoms with Crippen LogP contribution in [0.3, 0.4) is 0 Å². The highest BCUT2D eigenvalue weighted by Gasteiger charge is 2.38. The molecular formula is C6H7FO3. The maximum atomic E-state index is 12.3. The van der Waals surface area contributed by atoms with Crippen LogP contribution in [0.4, 0.5) is 4.39 Å². The van der Waals surface area contributed by atoms with Crippen molar-refractivity contribution < 1.29 is 19.1 Å². The number of hydrogen-bond donors (Lipinski definition) is 1. The lowest BCUT2D eigenvalue weighted by atomic mass is 10.2. The molecule has 4 heteroatoms. The molecule has 1 saturated carbocycles. The van der Waals surface area contributed by atoms with E-state index in [1.165, 1.54) is 0 Å². The van der Waals surface area contributed by atoms with E-state index >= 15 is 0 Å². The fourth-order valence-electron chi connectivity index (χ4n) is 0.696. The van der Waals surface area contributed by atoms with Gasteiger partial charge in [0.1, 0.15) is 0 Å². The van der Waals surface area contributed by atoms with E-state index in [1.807, 2.05) is 0 Å². The summed E-state index contributed by atoms with van der Waals surface area (Å²) in [6, 6.07) is 0. The molecule has 0 aliphatic heterocycles. The lowest BCUT2D eigenvalue weighted by Gasteiger charge is -1.97. The molecular weight excluding hydrogens is 139 g/mol. The lowest BCUT2D eigenvalue weighted by molar-refractivity contribution is -0.147. The molecule has 1 aliphatic rings. The van der Waals surface area contributed by atoms with Crippen LogP contribution in [-0.2, 0) is 9.59 Å². The second-order valence-electron chi connectivity index (χ2n) is 2.38. The molecule has 1 unspecified atom stereocenters. The number of carboxylic acids is 1. The van der Waals surface area contributed by atoms with E-state index in [9.17, 15) is 14.0 Å². The molecule has 0 bridgehead atoms. The van der Waals surface area contributed by atoms with E-state index in [0.29, 0.717) is 12.8 Å². The minimum absolute atomic E-state index is 0.314. The van der Waals surface area contributed by atoms with Gasteiger partial charge >= 0.3 is 5.97 Å². The highest BCUT2D eigenvalue weighted by molar-refractivity contribution is 6.03. The molecule has 56 valence electrons. The quantitative estimate of drug-likeness (QED) is 0.586. The van der Waals surface area contributed by atoms with Crippen LogP contribution < -0.4 is 0 Å². The highest BCUT2D eigenvalue weighted by atomic mass is 19.1. The van der Waals surface area contributed by atoms with Crippen molar-refractivity contribution in [3.05, 3.63) is 0 Å². The van der Waals surface area contributed by atoms with Crippen molar-refractivity contribution in [1.29, 1.82) is 0 Å². The molecule has 0 saturated heterocycles. The topological polar surface area (TPSA) is 54.4 Å². The fraction of sp³-hybridized carbons (Fsp3) is 0.667. The van der Waals surface area contributed by atoms with Crippen molar-refractivity contribution in [2.24, 2.45) is 5.92 Å². The predicted octanol–water partition coefficient (Wildman–Crippen LogP) is 0.388. The van der Waals surface area contributed by atoms with Crippen LogP contribution in [0.5, 0.6) is 0 Å². The molecule has 1 N–H and O–H groups in total. The summed E-state index contributed by atoms with van der Waals surface area (Å²) in [7, 11) is 0. The third kappa shape index (κ3) is 1.32. The zero-order chi connectivity index (χ0) is 7.72. The Labute approximate surface area is 56.8 Å². The van der Waals surface area contributed by atoms with Crippen molar-refractivity contribution in [2.45, 2.75) is 19.0 Å². The molecule has 1 aliphatic carbocycles. The summed E-state index contributed by atoms with van der Waals surface area (Å²) in [5, 5.41) is 8.03. The number of ketones is 1. The number of alkyl halides is 1. The van der Waals surface area contributed by atoms with Gasteiger partial charge in [-0.25, -0.2) is 9.18 Å². The number of Topliss-reactive ketones (excluding diaryl/α,β-unsaturated/α-hetero) is 1. The third-order valence-electron chi connectivity index (χ3n) is 1.45. The molecule has 1 atom stereocenters. The molecule has 3 nitrogen and oxygen atoms in total. The maximum Gasteiger partial charge on any atom is 0.346 e. The zero-order valence-electron chi connectivity index (χ0n) is 5.21. The van der Waals surface area contributed by atoms with Crippen molar-refractivity contribution in [3.8, 4) is 0 Å². The zero-order valence-corrected chi connectivity index (χ0v) is 5.21. The average molecular weight is 146 g/mol. The van der Waals surface area contributed by atoms with Gasteiger partial charge in [-0.2, -0.15) is 0 Å². The van der Waals surface area contributed by atoms with Crippen LogP contribution in [0.1, 0.15) is 12.8 Å². The standard InChI is InChI=1S/C6H7FO3/c7-4(6(9)10)5(8)3-1-2-3/h3-4H,1-2H2,(H,9,10). The Bertz CT molecular complexity index is 174. The summed E-state index contributed by atoms with van der Waals surface area (Å²) < 4.78 is 12.3. The Morgan fingerprint density at radius 3 is 2.30 bits per heavy atom. The fourth-order valence-corrected chi connectivity index (χ4v) is 0.696. The maximum absolute atomic E-state index is 12.3. The van der Waals surface area contributed by atoms with Crippen LogP contribution in [0.25, 0.3) is 0 Å². The molecule has 0 heterocycles. The molecule has 0 amide bonds. The van der Waals surface area contributed by atoms with Crippen molar-refractivity contribution in [3.63, 3.8) is 0 Å². The van der Waals surface area contributed by atoms with Gasteiger partial charge in [0.25, 0.3) is 6.17 Å². The van der Waals surface area contributed by atoms with Gasteiger partial charge in [0.2, 0.25) is 0 Å². The van der Waals surface area contributed by atoms with E-state index in [0.717, 1.165) is 0 Å². The second-order valence-corrected chi connectivity index (χ2v) is 2.38. The van der Waals surface area contributed by atoms with Gasteiger partial charge < -0.3 is 5.11 Å². The molecule has 0 aromatic carbocycles. The monoisotopic (exact) mass is 146 g/mol. The van der Waals surface area contributed by atoms with E-state index in [1.54, 1.807) is 0 Å². The van der Waals surface area contributed by atoms with Crippen molar-refractivity contribution in [2.75, 3.05) is 0 Å². The Hall–Kier alpha value is -0.930. The summed E-state index contributed by atoms with van der Waals surface area (Å²) in [5.74, 6) is -2.75. The molecule has 10 heavy (non-hydrogen) atoms. The van der Waals surface area contributed by atoms with E-state index in [4.69, 9.17) is 5.11 Å². The number of carboxylic acid groups (broad SMARTS) is 1. The number of carbonyl (C=O) groups excluding carboxylic acids is 1. The van der Waals surface area contributed by atoms with Gasteiger partial charge in [-0.15, -0.1) is 0 Å². The summed E-state index contributed by atoms with van der Waals surface area (Å²) in [4.78, 5) is 20.5. The summed E-state index contributed by atoms with van der Waals surface area (Å²) in [5.41, 5.74) is 0. The number of halogens is 1. The van der Waals surface area contributed by atoms with Gasteiger partial charge in [0, 0.05) is 5.92 Å². The lowest BCUT2D eigenvalue weighted by Crippen LogP contribution is -2.26. The second kappa shape index (κ2) is 2.36. The molecule has 1 rings (SSSR count). The van der Waals surface area contributed by atoms with Gasteiger partial charge in [-0.3, -0.25) is 4.79 Å². The number of hydrogen-bond acceptors (Lipinski definition) is 2. The number of carbonyl (C=O) groups is 2. The summed E-state index contributed by atoms with van der Waals surface area (Å²) >= 11 is 0. The molecule has 0 radical (unpaired) electrons. The molecule has 0 aromatic heterocycles. The van der Waals surface area contributed by atoms with Gasteiger partial charge in [-0.05, 0) is 12.8 Å². The van der Waals surface area contributed by atoms with Crippen molar-refractivity contribution >= 4 is 11.8 Å². The molecule has 1 fully saturated rings. The SMILES string of the molecule is O=C(O)C(F)C(=O)C1CC1. The van der Waals surface area contributed by atoms with E-state index < -0.39 is 17.9 Å². The Morgan fingerprint density at radius 2 is 2.00 bits per heavy atom. The Balaban J connectivity index is 2.46. The number of aliphatic carboxylic acids is 1. The number of rotatable bonds is 3. The van der Waals surface area contributed by atoms with Gasteiger partial charge in [0.05, 0.1) is 0 Å². The van der Waals surface area contributed by atoms with E-state index in [-0.39, 0.29) is 5.92 Å². The minimum atomic E-state index is -2.30. The van der Waals surface area contributed by atoms with Crippen LogP contribution in [-0.4, -0.2) is 23.0 Å². The first-order valence-electron chi connectivity index (χ1n) is 3.03. The molecule has 0 spiro atoms. The first kappa shape index (κ1) is 7.18. The van der Waals surface area contributed by atoms with Gasteiger partial charge in [0.15, 0.2) is 5.78 Å². The summed E-state index contributed by atoms with van der Waals surface area (Å²) in [6.45, 7) is 0. The minimum Gasteiger partial charge on any atom is -0.479 e. The van der Waals surface area contributed by atoms with Crippen LogP contribution >= 0.6 is 0 Å². The average Bonchev–Trinajstić information content (AvgIpc) is 2.65. The van der Waals surface area contributed by atoms with Crippen LogP contribution in [0, 0.1) is 5.92 Å². The first-order chi connectivity index (χ1) is 4.63. The van der Waals surface area contributed by atoms with Crippen molar-refractivity contribution in [1.82, 2.24) is 0 Å². The van der Waals surface area contributed by atoms with Crippen LogP contribution in [0.15, 0.2) is 0 Å². The smallest absolute Gasteiger partial charge is 0.346 e. The Kier molecular flexibility index (Phi) is 1.70. The molecule has 0 aromatic rings. The summed E-state index contributed by atoms with van der Waals surface area (Å²) in [6.07, 6.45) is -1.01. The normalized spacial score (nSPS) is 20.1. The largest absolute Gasteiger partial charge is 0.479 e.